The number of aliphatic carboxylic acids is 1. The van der Waals surface area contributed by atoms with Gasteiger partial charge in [-0.25, -0.2) is 4.68 Å². The third kappa shape index (κ3) is 2.11. The lowest BCUT2D eigenvalue weighted by Gasteiger charge is -2.04. The number of carboxylic acid groups (broad SMARTS) is 1. The number of carboxylic acids is 1. The Balaban J connectivity index is 2.32. The highest BCUT2D eigenvalue weighted by molar-refractivity contribution is 5.69. The summed E-state index contributed by atoms with van der Waals surface area (Å²) in [5.41, 5.74) is 2.78. The molecule has 0 bridgehead atoms. The van der Waals surface area contributed by atoms with Gasteiger partial charge in [-0.1, -0.05) is 18.2 Å². The van der Waals surface area contributed by atoms with Crippen LogP contribution in [-0.4, -0.2) is 20.9 Å². The minimum Gasteiger partial charge on any atom is -0.481 e. The summed E-state index contributed by atoms with van der Waals surface area (Å²) in [6.45, 7) is 1.99. The van der Waals surface area contributed by atoms with E-state index in [1.807, 2.05) is 31.2 Å². The molecular formula is C12H12N2O2. The Hall–Kier alpha value is -2.10. The van der Waals surface area contributed by atoms with Gasteiger partial charge in [0.25, 0.3) is 0 Å². The van der Waals surface area contributed by atoms with E-state index in [4.69, 9.17) is 5.11 Å². The van der Waals surface area contributed by atoms with Crippen LogP contribution in [0.2, 0.25) is 0 Å². The van der Waals surface area contributed by atoms with Crippen LogP contribution in [-0.2, 0) is 11.2 Å². The summed E-state index contributed by atoms with van der Waals surface area (Å²) in [5.74, 6) is -0.843. The monoisotopic (exact) mass is 216 g/mol. The van der Waals surface area contributed by atoms with Crippen LogP contribution < -0.4 is 0 Å². The molecule has 0 unspecified atom stereocenters. The van der Waals surface area contributed by atoms with E-state index < -0.39 is 5.97 Å². The average Bonchev–Trinajstić information content (AvgIpc) is 2.66. The topological polar surface area (TPSA) is 55.1 Å². The van der Waals surface area contributed by atoms with Gasteiger partial charge < -0.3 is 5.11 Å². The van der Waals surface area contributed by atoms with E-state index in [1.165, 1.54) is 0 Å². The van der Waals surface area contributed by atoms with Crippen molar-refractivity contribution in [2.75, 3.05) is 0 Å². The zero-order valence-electron chi connectivity index (χ0n) is 8.92. The van der Waals surface area contributed by atoms with Crippen molar-refractivity contribution in [2.45, 2.75) is 13.3 Å². The molecule has 2 aromatic rings. The van der Waals surface area contributed by atoms with E-state index in [1.54, 1.807) is 17.1 Å². The van der Waals surface area contributed by atoms with Crippen molar-refractivity contribution in [2.24, 2.45) is 0 Å². The summed E-state index contributed by atoms with van der Waals surface area (Å²) in [7, 11) is 0. The van der Waals surface area contributed by atoms with E-state index in [9.17, 15) is 4.79 Å². The first-order chi connectivity index (χ1) is 7.66. The lowest BCUT2D eigenvalue weighted by Crippen LogP contribution is -1.99. The molecule has 0 radical (unpaired) electrons. The van der Waals surface area contributed by atoms with Crippen LogP contribution in [0.25, 0.3) is 5.69 Å². The molecule has 1 N–H and O–H groups in total. The van der Waals surface area contributed by atoms with Gasteiger partial charge in [0.05, 0.1) is 18.3 Å². The van der Waals surface area contributed by atoms with E-state index in [2.05, 4.69) is 5.10 Å². The Labute approximate surface area is 93.1 Å². The molecule has 1 heterocycles. The van der Waals surface area contributed by atoms with Crippen LogP contribution in [0.5, 0.6) is 0 Å². The smallest absolute Gasteiger partial charge is 0.307 e. The van der Waals surface area contributed by atoms with Crippen LogP contribution >= 0.6 is 0 Å². The standard InChI is InChI=1S/C12H12N2O2/c1-9-4-2-3-5-11(9)14-8-10(7-13-14)6-12(15)16/h2-5,7-8H,6H2,1H3,(H,15,16). The molecule has 0 spiro atoms. The highest BCUT2D eigenvalue weighted by atomic mass is 16.4. The first-order valence-corrected chi connectivity index (χ1v) is 4.98. The first kappa shape index (κ1) is 10.4. The SMILES string of the molecule is Cc1ccccc1-n1cc(CC(=O)O)cn1. The Morgan fingerprint density at radius 1 is 1.44 bits per heavy atom. The maximum absolute atomic E-state index is 10.5. The molecule has 0 amide bonds. The van der Waals surface area contributed by atoms with Gasteiger partial charge in [-0.15, -0.1) is 0 Å². The van der Waals surface area contributed by atoms with Gasteiger partial charge in [0.15, 0.2) is 0 Å². The number of benzene rings is 1. The highest BCUT2D eigenvalue weighted by Crippen LogP contribution is 2.13. The fourth-order valence-electron chi connectivity index (χ4n) is 1.58. The van der Waals surface area contributed by atoms with Gasteiger partial charge in [0.2, 0.25) is 0 Å². The Kier molecular flexibility index (Phi) is 2.72. The summed E-state index contributed by atoms with van der Waals surface area (Å²) < 4.78 is 1.70. The Morgan fingerprint density at radius 3 is 2.88 bits per heavy atom. The predicted molar refractivity (Wildman–Crippen MR) is 59.6 cm³/mol. The molecule has 4 heteroatoms. The number of hydrogen-bond acceptors (Lipinski definition) is 2. The molecule has 0 aliphatic heterocycles. The fourth-order valence-corrected chi connectivity index (χ4v) is 1.58. The second-order valence-electron chi connectivity index (χ2n) is 3.65. The summed E-state index contributed by atoms with van der Waals surface area (Å²) in [5, 5.41) is 12.8. The minimum atomic E-state index is -0.843. The lowest BCUT2D eigenvalue weighted by atomic mass is 10.2. The maximum Gasteiger partial charge on any atom is 0.307 e. The van der Waals surface area contributed by atoms with Crippen molar-refractivity contribution < 1.29 is 9.90 Å². The number of nitrogens with zero attached hydrogens (tertiary/aromatic N) is 2. The largest absolute Gasteiger partial charge is 0.481 e. The van der Waals surface area contributed by atoms with Crippen molar-refractivity contribution in [1.29, 1.82) is 0 Å². The molecule has 0 atom stereocenters. The molecule has 4 nitrogen and oxygen atoms in total. The molecule has 0 aliphatic rings. The minimum absolute atomic E-state index is 0.00583. The van der Waals surface area contributed by atoms with Crippen molar-refractivity contribution >= 4 is 5.97 Å². The lowest BCUT2D eigenvalue weighted by molar-refractivity contribution is -0.136. The zero-order valence-corrected chi connectivity index (χ0v) is 8.92. The van der Waals surface area contributed by atoms with Crippen molar-refractivity contribution in [3.05, 3.63) is 47.8 Å². The number of carbonyl (C=O) groups is 1. The molecular weight excluding hydrogens is 204 g/mol. The number of aryl methyl sites for hydroxylation is 1. The number of aromatic nitrogens is 2. The highest BCUT2D eigenvalue weighted by Gasteiger charge is 2.05. The first-order valence-electron chi connectivity index (χ1n) is 4.98. The fraction of sp³-hybridized carbons (Fsp3) is 0.167. The van der Waals surface area contributed by atoms with Crippen LogP contribution in [0.4, 0.5) is 0 Å². The van der Waals surface area contributed by atoms with E-state index in [0.29, 0.717) is 5.56 Å². The molecule has 1 aromatic heterocycles. The Bertz CT molecular complexity index is 517. The second kappa shape index (κ2) is 4.18. The molecule has 16 heavy (non-hydrogen) atoms. The molecule has 0 saturated heterocycles. The number of para-hydroxylation sites is 1. The maximum atomic E-state index is 10.5. The third-order valence-corrected chi connectivity index (χ3v) is 2.35. The van der Waals surface area contributed by atoms with Crippen molar-refractivity contribution in [1.82, 2.24) is 9.78 Å². The molecule has 0 aliphatic carbocycles. The third-order valence-electron chi connectivity index (χ3n) is 2.35. The van der Waals surface area contributed by atoms with Crippen LogP contribution in [0.3, 0.4) is 0 Å². The van der Waals surface area contributed by atoms with E-state index >= 15 is 0 Å². The van der Waals surface area contributed by atoms with Gasteiger partial charge in [-0.3, -0.25) is 4.79 Å². The molecule has 82 valence electrons. The van der Waals surface area contributed by atoms with Gasteiger partial charge >= 0.3 is 5.97 Å². The molecule has 2 rings (SSSR count). The number of hydrogen-bond donors (Lipinski definition) is 1. The van der Waals surface area contributed by atoms with Gasteiger partial charge in [0.1, 0.15) is 0 Å². The van der Waals surface area contributed by atoms with Gasteiger partial charge in [-0.05, 0) is 18.6 Å². The molecule has 0 fully saturated rings. The summed E-state index contributed by atoms with van der Waals surface area (Å²) in [6, 6.07) is 7.84. The predicted octanol–water partition coefficient (Wildman–Crippen LogP) is 1.81. The van der Waals surface area contributed by atoms with Gasteiger partial charge in [0, 0.05) is 11.8 Å². The number of rotatable bonds is 3. The summed E-state index contributed by atoms with van der Waals surface area (Å²) >= 11 is 0. The van der Waals surface area contributed by atoms with Gasteiger partial charge in [-0.2, -0.15) is 5.10 Å². The Morgan fingerprint density at radius 2 is 2.19 bits per heavy atom. The molecule has 0 saturated carbocycles. The molecule has 1 aromatic carbocycles. The van der Waals surface area contributed by atoms with Crippen LogP contribution in [0.1, 0.15) is 11.1 Å². The second-order valence-corrected chi connectivity index (χ2v) is 3.65. The van der Waals surface area contributed by atoms with E-state index in [-0.39, 0.29) is 6.42 Å². The van der Waals surface area contributed by atoms with Crippen molar-refractivity contribution in [3.8, 4) is 5.69 Å². The van der Waals surface area contributed by atoms with Crippen molar-refractivity contribution in [3.63, 3.8) is 0 Å². The average molecular weight is 216 g/mol. The summed E-state index contributed by atoms with van der Waals surface area (Å²) in [4.78, 5) is 10.5. The quantitative estimate of drug-likeness (QED) is 0.851. The van der Waals surface area contributed by atoms with E-state index in [0.717, 1.165) is 11.3 Å². The summed E-state index contributed by atoms with van der Waals surface area (Å²) in [6.07, 6.45) is 3.34. The van der Waals surface area contributed by atoms with Crippen LogP contribution in [0, 0.1) is 6.92 Å². The zero-order chi connectivity index (χ0) is 11.5. The van der Waals surface area contributed by atoms with Crippen LogP contribution in [0.15, 0.2) is 36.7 Å². The normalized spacial score (nSPS) is 10.3.